The van der Waals surface area contributed by atoms with Gasteiger partial charge in [0.1, 0.15) is 30.5 Å². The summed E-state index contributed by atoms with van der Waals surface area (Å²) in [6, 6.07) is 19.3. The standard InChI is InChI=1S/C24H29N5O6.C17H17N3O7S/c1-33-21(30)8-9-27-10-12-28(13-11-27)15-19-16-29(24(32)35-19)18-6-4-17(5-7-18)22(25)26-23(31)20-3-2-14-34-20;1-28(23,24)26-10-13-9-20(17(22)27-13)12-6-4-11(5-7-12)15(18)19-16(21)14-3-2-8-25-14/h2-7,14,19H,8-13,15-16H2,1H3,(H2,25,26,31);2-8,13H,9-10H2,1H3,(H2,18,19,21). The van der Waals surface area contributed by atoms with E-state index in [1.54, 1.807) is 65.6 Å². The van der Waals surface area contributed by atoms with E-state index in [2.05, 4.69) is 24.6 Å². The van der Waals surface area contributed by atoms with Gasteiger partial charge in [-0.2, -0.15) is 8.42 Å². The predicted molar refractivity (Wildman–Crippen MR) is 224 cm³/mol. The van der Waals surface area contributed by atoms with E-state index < -0.39 is 40.2 Å². The van der Waals surface area contributed by atoms with E-state index in [0.29, 0.717) is 48.6 Å². The molecular formula is C41H46N8O13S. The molecular weight excluding hydrogens is 845 g/mol. The molecule has 4 N–H and O–H groups in total. The number of nitrogens with zero attached hydrogens (tertiary/aromatic N) is 4. The van der Waals surface area contributed by atoms with Crippen molar-refractivity contribution in [2.75, 3.05) is 82.1 Å². The fourth-order valence-corrected chi connectivity index (χ4v) is 7.01. The van der Waals surface area contributed by atoms with Crippen LogP contribution < -0.4 is 20.4 Å². The summed E-state index contributed by atoms with van der Waals surface area (Å²) in [5.74, 6) is -1.23. The average Bonchev–Trinajstić information content (AvgIpc) is 4.12. The lowest BCUT2D eigenvalue weighted by molar-refractivity contribution is -0.141. The molecule has 63 heavy (non-hydrogen) atoms. The minimum atomic E-state index is -3.63. The first-order valence-electron chi connectivity index (χ1n) is 19.6. The van der Waals surface area contributed by atoms with Gasteiger partial charge in [0.25, 0.3) is 21.9 Å². The van der Waals surface area contributed by atoms with E-state index in [1.807, 2.05) is 0 Å². The maximum absolute atomic E-state index is 12.5. The summed E-state index contributed by atoms with van der Waals surface area (Å²) in [5, 5.41) is 21.0. The quantitative estimate of drug-likeness (QED) is 0.0466. The predicted octanol–water partition coefficient (Wildman–Crippen LogP) is 2.88. The summed E-state index contributed by atoms with van der Waals surface area (Å²) >= 11 is 0. The van der Waals surface area contributed by atoms with Crippen molar-refractivity contribution in [3.63, 3.8) is 0 Å². The van der Waals surface area contributed by atoms with Crippen LogP contribution >= 0.6 is 0 Å². The van der Waals surface area contributed by atoms with Gasteiger partial charge in [0.05, 0.1) is 45.4 Å². The van der Waals surface area contributed by atoms with Crippen LogP contribution in [-0.4, -0.2) is 144 Å². The number of carbonyl (C=O) groups is 5. The molecule has 2 aromatic carbocycles. The van der Waals surface area contributed by atoms with E-state index in [9.17, 15) is 32.4 Å². The Labute approximate surface area is 361 Å². The van der Waals surface area contributed by atoms with Gasteiger partial charge in [-0.3, -0.25) is 44.1 Å². The number of anilines is 2. The van der Waals surface area contributed by atoms with Crippen molar-refractivity contribution < 1.29 is 59.6 Å². The zero-order valence-corrected chi connectivity index (χ0v) is 35.1. The normalized spacial score (nSPS) is 17.9. The van der Waals surface area contributed by atoms with Crippen molar-refractivity contribution in [3.05, 3.63) is 108 Å². The Morgan fingerprint density at radius 1 is 0.714 bits per heavy atom. The maximum Gasteiger partial charge on any atom is 0.414 e. The molecule has 0 radical (unpaired) electrons. The number of furan rings is 2. The highest BCUT2D eigenvalue weighted by molar-refractivity contribution is 7.85. The number of esters is 1. The number of piperazine rings is 1. The second-order valence-electron chi connectivity index (χ2n) is 14.4. The lowest BCUT2D eigenvalue weighted by Crippen LogP contribution is -2.49. The van der Waals surface area contributed by atoms with Gasteiger partial charge < -0.3 is 38.6 Å². The Kier molecular flexibility index (Phi) is 15.1. The highest BCUT2D eigenvalue weighted by Gasteiger charge is 2.35. The summed E-state index contributed by atoms with van der Waals surface area (Å²) in [6.45, 7) is 5.03. The van der Waals surface area contributed by atoms with Gasteiger partial charge in [-0.25, -0.2) is 9.59 Å². The lowest BCUT2D eigenvalue weighted by Gasteiger charge is -2.35. The molecule has 2 unspecified atom stereocenters. The van der Waals surface area contributed by atoms with Crippen LogP contribution in [0.3, 0.4) is 0 Å². The number of amides is 4. The van der Waals surface area contributed by atoms with E-state index in [1.165, 1.54) is 36.7 Å². The van der Waals surface area contributed by atoms with Crippen molar-refractivity contribution in [3.8, 4) is 0 Å². The maximum atomic E-state index is 12.5. The molecule has 22 heteroatoms. The number of amidine groups is 2. The Morgan fingerprint density at radius 3 is 1.62 bits per heavy atom. The van der Waals surface area contributed by atoms with Crippen molar-refractivity contribution in [1.29, 1.82) is 10.8 Å². The Bertz CT molecular complexity index is 2370. The highest BCUT2D eigenvalue weighted by atomic mass is 32.2. The van der Waals surface area contributed by atoms with E-state index in [0.717, 1.165) is 32.4 Å². The molecule has 21 nitrogen and oxygen atoms in total. The monoisotopic (exact) mass is 890 g/mol. The molecule has 2 atom stereocenters. The van der Waals surface area contributed by atoms with Crippen LogP contribution in [0.5, 0.6) is 0 Å². The molecule has 4 amide bonds. The van der Waals surface area contributed by atoms with Gasteiger partial charge in [0, 0.05) is 61.8 Å². The summed E-state index contributed by atoms with van der Waals surface area (Å²) < 4.78 is 52.1. The molecule has 5 heterocycles. The number of hydrogen-bond acceptors (Lipinski definition) is 17. The topological polar surface area (TPSA) is 267 Å². The number of rotatable bonds is 14. The molecule has 4 aromatic rings. The Balaban J connectivity index is 0.000000215. The van der Waals surface area contributed by atoms with Crippen molar-refractivity contribution >= 4 is 63.1 Å². The molecule has 3 aliphatic rings. The molecule has 3 aliphatic heterocycles. The third kappa shape index (κ3) is 12.8. The molecule has 7 rings (SSSR count). The van der Waals surface area contributed by atoms with Gasteiger partial charge in [0.2, 0.25) is 0 Å². The smallest absolute Gasteiger partial charge is 0.414 e. The minimum absolute atomic E-state index is 0.0643. The van der Waals surface area contributed by atoms with Crippen LogP contribution in [0.2, 0.25) is 0 Å². The number of nitrogens with one attached hydrogen (secondary N) is 4. The first-order chi connectivity index (χ1) is 30.1. The number of ether oxygens (including phenoxy) is 3. The molecule has 3 saturated heterocycles. The molecule has 0 saturated carbocycles. The van der Waals surface area contributed by atoms with Crippen LogP contribution in [0.25, 0.3) is 0 Å². The van der Waals surface area contributed by atoms with E-state index in [4.69, 9.17) is 33.9 Å². The van der Waals surface area contributed by atoms with Crippen LogP contribution in [0.1, 0.15) is 38.7 Å². The summed E-state index contributed by atoms with van der Waals surface area (Å²) in [7, 11) is -2.23. The van der Waals surface area contributed by atoms with Crippen molar-refractivity contribution in [2.45, 2.75) is 18.6 Å². The van der Waals surface area contributed by atoms with E-state index >= 15 is 0 Å². The number of methoxy groups -OCH3 is 1. The van der Waals surface area contributed by atoms with Gasteiger partial charge in [0.15, 0.2) is 11.5 Å². The summed E-state index contributed by atoms with van der Waals surface area (Å²) in [5.41, 5.74) is 2.09. The van der Waals surface area contributed by atoms with Gasteiger partial charge >= 0.3 is 18.2 Å². The third-order valence-electron chi connectivity index (χ3n) is 9.91. The molecule has 0 spiro atoms. The first kappa shape index (κ1) is 45.6. The van der Waals surface area contributed by atoms with Crippen LogP contribution in [-0.2, 0) is 33.3 Å². The second-order valence-corrected chi connectivity index (χ2v) is 16.0. The highest BCUT2D eigenvalue weighted by Crippen LogP contribution is 2.24. The summed E-state index contributed by atoms with van der Waals surface area (Å²) in [4.78, 5) is 67.2. The largest absolute Gasteiger partial charge is 0.469 e. The van der Waals surface area contributed by atoms with Gasteiger partial charge in [-0.15, -0.1) is 0 Å². The number of cyclic esters (lactones) is 2. The van der Waals surface area contributed by atoms with Crippen molar-refractivity contribution in [1.82, 2.24) is 20.4 Å². The summed E-state index contributed by atoms with van der Waals surface area (Å²) in [6.07, 6.45) is 2.07. The van der Waals surface area contributed by atoms with Gasteiger partial charge in [-0.1, -0.05) is 0 Å². The Morgan fingerprint density at radius 2 is 1.17 bits per heavy atom. The number of carbonyl (C=O) groups excluding carboxylic acids is 5. The van der Waals surface area contributed by atoms with Crippen LogP contribution in [0.15, 0.2) is 94.2 Å². The number of benzene rings is 2. The molecule has 0 aliphatic carbocycles. The zero-order valence-electron chi connectivity index (χ0n) is 34.3. The fourth-order valence-electron chi connectivity index (χ4n) is 6.61. The zero-order chi connectivity index (χ0) is 45.1. The minimum Gasteiger partial charge on any atom is -0.469 e. The Hall–Kier alpha value is -6.88. The van der Waals surface area contributed by atoms with Crippen LogP contribution in [0, 0.1) is 10.8 Å². The van der Waals surface area contributed by atoms with E-state index in [-0.39, 0.29) is 48.4 Å². The second kappa shape index (κ2) is 20.8. The molecule has 334 valence electrons. The molecule has 0 bridgehead atoms. The molecule has 2 aromatic heterocycles. The SMILES string of the molecule is COC(=O)CCN1CCN(CC2CN(c3ccc(C(=N)NC(=O)c4ccco4)cc3)C(=O)O2)CC1.CS(=O)(=O)OCC1CN(c2ccc(C(=N)NC(=O)c3ccco3)cc2)C(=O)O1. The lowest BCUT2D eigenvalue weighted by atomic mass is 10.1. The van der Waals surface area contributed by atoms with Crippen molar-refractivity contribution in [2.24, 2.45) is 0 Å². The number of hydrogen-bond donors (Lipinski definition) is 4. The first-order valence-corrected chi connectivity index (χ1v) is 21.4. The average molecular weight is 891 g/mol. The van der Waals surface area contributed by atoms with Crippen LogP contribution in [0.4, 0.5) is 21.0 Å². The van der Waals surface area contributed by atoms with Gasteiger partial charge in [-0.05, 0) is 72.8 Å². The molecule has 3 fully saturated rings. The fraction of sp³-hybridized carbons (Fsp3) is 0.341. The third-order valence-corrected chi connectivity index (χ3v) is 10.5.